The number of carbonyl (C=O) groups is 1. The number of anilines is 1. The molecule has 1 atom stereocenters. The third-order valence-corrected chi connectivity index (χ3v) is 5.30. The van der Waals surface area contributed by atoms with Crippen LogP contribution in [-0.4, -0.2) is 48.9 Å². The van der Waals surface area contributed by atoms with E-state index < -0.39 is 22.1 Å². The number of pyridine rings is 1. The number of hydrogen-bond donors (Lipinski definition) is 1. The van der Waals surface area contributed by atoms with Gasteiger partial charge in [-0.25, -0.2) is 0 Å². The quantitative estimate of drug-likeness (QED) is 0.877. The van der Waals surface area contributed by atoms with Gasteiger partial charge < -0.3 is 5.11 Å². The number of carboxylic acid groups (broad SMARTS) is 1. The van der Waals surface area contributed by atoms with Crippen molar-refractivity contribution in [2.75, 3.05) is 24.4 Å². The van der Waals surface area contributed by atoms with Gasteiger partial charge in [-0.3, -0.25) is 14.1 Å². The highest BCUT2D eigenvalue weighted by atomic mass is 32.2. The van der Waals surface area contributed by atoms with Gasteiger partial charge >= 0.3 is 16.2 Å². The van der Waals surface area contributed by atoms with Crippen LogP contribution in [0.25, 0.3) is 0 Å². The molecule has 1 aliphatic rings. The monoisotopic (exact) mass is 299 g/mol. The summed E-state index contributed by atoms with van der Waals surface area (Å²) in [6, 6.07) is 3.29. The number of aromatic nitrogens is 1. The van der Waals surface area contributed by atoms with Gasteiger partial charge in [-0.1, -0.05) is 0 Å². The standard InChI is InChI=1S/C12H17N3O4S/c1-14(11-5-2-6-13-8-11)20(18,19)15-7-3-4-10(9-15)12(16)17/h2,5-6,8,10H,3-4,7,9H2,1H3,(H,16,17). The van der Waals surface area contributed by atoms with Gasteiger partial charge in [0.25, 0.3) is 0 Å². The zero-order valence-electron chi connectivity index (χ0n) is 11.1. The molecule has 0 spiro atoms. The molecule has 1 fully saturated rings. The average Bonchev–Trinajstić information content (AvgIpc) is 2.47. The lowest BCUT2D eigenvalue weighted by Gasteiger charge is -2.33. The van der Waals surface area contributed by atoms with Crippen LogP contribution in [0.5, 0.6) is 0 Å². The van der Waals surface area contributed by atoms with Crippen molar-refractivity contribution in [3.05, 3.63) is 24.5 Å². The largest absolute Gasteiger partial charge is 0.481 e. The highest BCUT2D eigenvalue weighted by molar-refractivity contribution is 7.90. The second-order valence-corrected chi connectivity index (χ2v) is 6.68. The Labute approximate surface area is 118 Å². The number of piperidine rings is 1. The lowest BCUT2D eigenvalue weighted by atomic mass is 10.0. The molecule has 1 N–H and O–H groups in total. The Hall–Kier alpha value is -1.67. The Bertz CT molecular complexity index is 576. The highest BCUT2D eigenvalue weighted by Gasteiger charge is 2.34. The normalized spacial score (nSPS) is 20.6. The van der Waals surface area contributed by atoms with Crippen molar-refractivity contribution in [2.24, 2.45) is 5.92 Å². The third kappa shape index (κ3) is 2.91. The Morgan fingerprint density at radius 3 is 2.90 bits per heavy atom. The number of nitrogens with zero attached hydrogens (tertiary/aromatic N) is 3. The minimum atomic E-state index is -3.72. The van der Waals surface area contributed by atoms with E-state index in [1.807, 2.05) is 0 Å². The summed E-state index contributed by atoms with van der Waals surface area (Å²) in [5, 5.41) is 9.03. The SMILES string of the molecule is CN(c1cccnc1)S(=O)(=O)N1CCCC(C(=O)O)C1. The summed E-state index contributed by atoms with van der Waals surface area (Å²) in [6.07, 6.45) is 4.08. The van der Waals surface area contributed by atoms with Crippen molar-refractivity contribution in [1.29, 1.82) is 0 Å². The first kappa shape index (κ1) is 14.7. The maximum Gasteiger partial charge on any atom is 0.307 e. The maximum atomic E-state index is 12.5. The summed E-state index contributed by atoms with van der Waals surface area (Å²) in [5.74, 6) is -1.59. The first-order valence-electron chi connectivity index (χ1n) is 6.30. The van der Waals surface area contributed by atoms with E-state index in [-0.39, 0.29) is 6.54 Å². The van der Waals surface area contributed by atoms with E-state index in [9.17, 15) is 13.2 Å². The van der Waals surface area contributed by atoms with Crippen LogP contribution in [0.3, 0.4) is 0 Å². The molecular weight excluding hydrogens is 282 g/mol. The minimum absolute atomic E-state index is 0.0161. The number of carboxylic acids is 1. The van der Waals surface area contributed by atoms with Gasteiger partial charge in [0.15, 0.2) is 0 Å². The van der Waals surface area contributed by atoms with E-state index in [4.69, 9.17) is 5.11 Å². The van der Waals surface area contributed by atoms with Gasteiger partial charge in [-0.2, -0.15) is 12.7 Å². The molecule has 0 radical (unpaired) electrons. The molecule has 0 saturated carbocycles. The summed E-state index contributed by atoms with van der Waals surface area (Å²) in [7, 11) is -2.28. The molecule has 2 rings (SSSR count). The predicted octanol–water partition coefficient (Wildman–Crippen LogP) is 0.559. The van der Waals surface area contributed by atoms with Crippen LogP contribution in [0.15, 0.2) is 24.5 Å². The highest BCUT2D eigenvalue weighted by Crippen LogP contribution is 2.23. The molecule has 0 aliphatic carbocycles. The fourth-order valence-electron chi connectivity index (χ4n) is 2.20. The summed E-state index contributed by atoms with van der Waals surface area (Å²) in [6.45, 7) is 0.360. The van der Waals surface area contributed by atoms with Gasteiger partial charge in [-0.15, -0.1) is 0 Å². The molecule has 0 aromatic carbocycles. The minimum Gasteiger partial charge on any atom is -0.481 e. The summed E-state index contributed by atoms with van der Waals surface area (Å²) < 4.78 is 27.3. The van der Waals surface area contributed by atoms with Crippen LogP contribution in [0.4, 0.5) is 5.69 Å². The summed E-state index contributed by atoms with van der Waals surface area (Å²) >= 11 is 0. The van der Waals surface area contributed by atoms with E-state index in [1.165, 1.54) is 17.5 Å². The van der Waals surface area contributed by atoms with Crippen molar-refractivity contribution in [3.8, 4) is 0 Å². The molecule has 1 aromatic heterocycles. The molecule has 2 heterocycles. The molecule has 0 amide bonds. The Morgan fingerprint density at radius 2 is 2.30 bits per heavy atom. The van der Waals surface area contributed by atoms with Crippen LogP contribution < -0.4 is 4.31 Å². The Kier molecular flexibility index (Phi) is 4.24. The van der Waals surface area contributed by atoms with E-state index >= 15 is 0 Å². The maximum absolute atomic E-state index is 12.5. The lowest BCUT2D eigenvalue weighted by Crippen LogP contribution is -2.48. The van der Waals surface area contributed by atoms with Gasteiger partial charge in [0, 0.05) is 26.3 Å². The second kappa shape index (κ2) is 5.76. The van der Waals surface area contributed by atoms with Gasteiger partial charge in [-0.05, 0) is 25.0 Å². The summed E-state index contributed by atoms with van der Waals surface area (Å²) in [5.41, 5.74) is 0.449. The van der Waals surface area contributed by atoms with Gasteiger partial charge in [0.1, 0.15) is 0 Å². The lowest BCUT2D eigenvalue weighted by molar-refractivity contribution is -0.142. The summed E-state index contributed by atoms with van der Waals surface area (Å²) in [4.78, 5) is 14.9. The fourth-order valence-corrected chi connectivity index (χ4v) is 3.65. The van der Waals surface area contributed by atoms with Crippen LogP contribution in [-0.2, 0) is 15.0 Å². The number of rotatable bonds is 4. The Morgan fingerprint density at radius 1 is 1.55 bits per heavy atom. The van der Waals surface area contributed by atoms with Crippen LogP contribution in [0.1, 0.15) is 12.8 Å². The van der Waals surface area contributed by atoms with Crippen molar-refractivity contribution >= 4 is 21.9 Å². The topological polar surface area (TPSA) is 90.8 Å². The fraction of sp³-hybridized carbons (Fsp3) is 0.500. The first-order valence-corrected chi connectivity index (χ1v) is 7.69. The molecular formula is C12H17N3O4S. The molecule has 1 aliphatic heterocycles. The molecule has 7 nitrogen and oxygen atoms in total. The van der Waals surface area contributed by atoms with Crippen LogP contribution in [0.2, 0.25) is 0 Å². The van der Waals surface area contributed by atoms with Crippen molar-refractivity contribution in [1.82, 2.24) is 9.29 Å². The van der Waals surface area contributed by atoms with Crippen molar-refractivity contribution in [2.45, 2.75) is 12.8 Å². The number of hydrogen-bond acceptors (Lipinski definition) is 4. The third-order valence-electron chi connectivity index (χ3n) is 3.42. The average molecular weight is 299 g/mol. The Balaban J connectivity index is 2.20. The van der Waals surface area contributed by atoms with Gasteiger partial charge in [0.2, 0.25) is 0 Å². The first-order chi connectivity index (χ1) is 9.43. The van der Waals surface area contributed by atoms with E-state index in [0.717, 1.165) is 4.31 Å². The predicted molar refractivity (Wildman–Crippen MR) is 73.5 cm³/mol. The van der Waals surface area contributed by atoms with Crippen molar-refractivity contribution in [3.63, 3.8) is 0 Å². The molecule has 1 saturated heterocycles. The molecule has 8 heteroatoms. The zero-order valence-corrected chi connectivity index (χ0v) is 12.0. The molecule has 110 valence electrons. The van der Waals surface area contributed by atoms with Gasteiger partial charge in [0.05, 0.1) is 17.8 Å². The zero-order chi connectivity index (χ0) is 14.8. The second-order valence-electron chi connectivity index (χ2n) is 4.72. The smallest absolute Gasteiger partial charge is 0.307 e. The van der Waals surface area contributed by atoms with E-state index in [0.29, 0.717) is 25.1 Å². The van der Waals surface area contributed by atoms with Crippen LogP contribution >= 0.6 is 0 Å². The van der Waals surface area contributed by atoms with E-state index in [2.05, 4.69) is 4.98 Å². The molecule has 1 aromatic rings. The van der Waals surface area contributed by atoms with Crippen molar-refractivity contribution < 1.29 is 18.3 Å². The molecule has 20 heavy (non-hydrogen) atoms. The molecule has 0 bridgehead atoms. The van der Waals surface area contributed by atoms with E-state index in [1.54, 1.807) is 18.3 Å². The van der Waals surface area contributed by atoms with Crippen LogP contribution in [0, 0.1) is 5.92 Å². The number of aliphatic carboxylic acids is 1. The molecule has 1 unspecified atom stereocenters.